The number of hydrogen-bond acceptors (Lipinski definition) is 1. The summed E-state index contributed by atoms with van der Waals surface area (Å²) in [5, 5.41) is 4.97. The molecule has 0 radical (unpaired) electrons. The van der Waals surface area contributed by atoms with Crippen molar-refractivity contribution in [3.05, 3.63) is 16.4 Å². The van der Waals surface area contributed by atoms with Gasteiger partial charge in [0.15, 0.2) is 0 Å². The van der Waals surface area contributed by atoms with E-state index in [2.05, 4.69) is 12.0 Å². The van der Waals surface area contributed by atoms with Crippen LogP contribution in [0.2, 0.25) is 5.15 Å². The van der Waals surface area contributed by atoms with Gasteiger partial charge < -0.3 is 0 Å². The molecule has 1 heterocycles. The fourth-order valence-electron chi connectivity index (χ4n) is 1.31. The monoisotopic (exact) mass is 220 g/mol. The molecule has 0 aromatic carbocycles. The molecule has 0 aliphatic rings. The van der Waals surface area contributed by atoms with Crippen LogP contribution in [0.15, 0.2) is 0 Å². The van der Waals surface area contributed by atoms with E-state index in [1.807, 2.05) is 14.0 Å². The Morgan fingerprint density at radius 3 is 2.54 bits per heavy atom. The Balaban J connectivity index is 2.87. The SMILES string of the molecule is Cc1nn(C)c(Cl)c1CC(C)CCl. The number of halogens is 2. The summed E-state index contributed by atoms with van der Waals surface area (Å²) < 4.78 is 1.70. The molecule has 13 heavy (non-hydrogen) atoms. The summed E-state index contributed by atoms with van der Waals surface area (Å²) in [6.07, 6.45) is 0.905. The third kappa shape index (κ3) is 2.38. The zero-order valence-corrected chi connectivity index (χ0v) is 9.65. The van der Waals surface area contributed by atoms with E-state index >= 15 is 0 Å². The summed E-state index contributed by atoms with van der Waals surface area (Å²) in [6, 6.07) is 0. The predicted molar refractivity (Wildman–Crippen MR) is 56.5 cm³/mol. The van der Waals surface area contributed by atoms with Crippen LogP contribution in [0.4, 0.5) is 0 Å². The summed E-state index contributed by atoms with van der Waals surface area (Å²) in [7, 11) is 1.85. The van der Waals surface area contributed by atoms with Gasteiger partial charge in [-0.1, -0.05) is 18.5 Å². The number of hydrogen-bond donors (Lipinski definition) is 0. The van der Waals surface area contributed by atoms with Gasteiger partial charge in [-0.15, -0.1) is 11.6 Å². The molecular weight excluding hydrogens is 207 g/mol. The Morgan fingerprint density at radius 2 is 2.15 bits per heavy atom. The van der Waals surface area contributed by atoms with Crippen molar-refractivity contribution in [2.75, 3.05) is 5.88 Å². The van der Waals surface area contributed by atoms with Crippen molar-refractivity contribution in [1.29, 1.82) is 0 Å². The van der Waals surface area contributed by atoms with Gasteiger partial charge in [0, 0.05) is 18.5 Å². The molecule has 0 saturated carbocycles. The van der Waals surface area contributed by atoms with E-state index in [0.29, 0.717) is 11.8 Å². The number of nitrogens with zero attached hydrogens (tertiary/aromatic N) is 2. The lowest BCUT2D eigenvalue weighted by atomic mass is 10.0. The Hall–Kier alpha value is -0.210. The largest absolute Gasteiger partial charge is 0.257 e. The fraction of sp³-hybridized carbons (Fsp3) is 0.667. The highest BCUT2D eigenvalue weighted by Crippen LogP contribution is 2.22. The van der Waals surface area contributed by atoms with Crippen molar-refractivity contribution < 1.29 is 0 Å². The lowest BCUT2D eigenvalue weighted by Gasteiger charge is -2.06. The summed E-state index contributed by atoms with van der Waals surface area (Å²) in [5.74, 6) is 1.10. The van der Waals surface area contributed by atoms with Crippen LogP contribution in [0.3, 0.4) is 0 Å². The zero-order valence-electron chi connectivity index (χ0n) is 8.14. The van der Waals surface area contributed by atoms with Crippen LogP contribution in [-0.2, 0) is 13.5 Å². The van der Waals surface area contributed by atoms with Gasteiger partial charge in [-0.05, 0) is 19.3 Å². The standard InChI is InChI=1S/C9H14Cl2N2/c1-6(5-10)4-8-7(2)12-13(3)9(8)11/h6H,4-5H2,1-3H3. The van der Waals surface area contributed by atoms with Crippen molar-refractivity contribution in [2.24, 2.45) is 13.0 Å². The molecule has 0 fully saturated rings. The average molecular weight is 221 g/mol. The fourth-order valence-corrected chi connectivity index (χ4v) is 1.67. The van der Waals surface area contributed by atoms with E-state index in [1.165, 1.54) is 0 Å². The van der Waals surface area contributed by atoms with Gasteiger partial charge in [0.2, 0.25) is 0 Å². The highest BCUT2D eigenvalue weighted by molar-refractivity contribution is 6.30. The molecule has 1 unspecified atom stereocenters. The Morgan fingerprint density at radius 1 is 1.54 bits per heavy atom. The van der Waals surface area contributed by atoms with Gasteiger partial charge >= 0.3 is 0 Å². The second kappa shape index (κ2) is 4.34. The minimum Gasteiger partial charge on any atom is -0.257 e. The third-order valence-corrected chi connectivity index (χ3v) is 3.09. The van der Waals surface area contributed by atoms with E-state index < -0.39 is 0 Å². The van der Waals surface area contributed by atoms with Gasteiger partial charge in [-0.3, -0.25) is 4.68 Å². The van der Waals surface area contributed by atoms with Crippen molar-refractivity contribution >= 4 is 23.2 Å². The maximum Gasteiger partial charge on any atom is 0.130 e. The van der Waals surface area contributed by atoms with Gasteiger partial charge in [-0.25, -0.2) is 0 Å². The molecule has 1 atom stereocenters. The molecule has 1 aromatic heterocycles. The van der Waals surface area contributed by atoms with E-state index in [9.17, 15) is 0 Å². The molecule has 0 saturated heterocycles. The lowest BCUT2D eigenvalue weighted by Crippen LogP contribution is -2.02. The van der Waals surface area contributed by atoms with Crippen molar-refractivity contribution in [1.82, 2.24) is 9.78 Å². The second-order valence-electron chi connectivity index (χ2n) is 3.44. The molecule has 0 spiro atoms. The topological polar surface area (TPSA) is 17.8 Å². The minimum atomic E-state index is 0.446. The van der Waals surface area contributed by atoms with Crippen LogP contribution in [0.25, 0.3) is 0 Å². The molecule has 1 rings (SSSR count). The average Bonchev–Trinajstić information content (AvgIpc) is 2.32. The summed E-state index contributed by atoms with van der Waals surface area (Å²) in [5.41, 5.74) is 2.13. The van der Waals surface area contributed by atoms with Crippen molar-refractivity contribution in [3.63, 3.8) is 0 Å². The quantitative estimate of drug-likeness (QED) is 0.717. The number of alkyl halides is 1. The van der Waals surface area contributed by atoms with Crippen LogP contribution in [-0.4, -0.2) is 15.7 Å². The summed E-state index contributed by atoms with van der Waals surface area (Å²) >= 11 is 11.8. The number of rotatable bonds is 3. The van der Waals surface area contributed by atoms with Crippen LogP contribution in [0.1, 0.15) is 18.2 Å². The zero-order chi connectivity index (χ0) is 10.0. The van der Waals surface area contributed by atoms with E-state index in [1.54, 1.807) is 4.68 Å². The summed E-state index contributed by atoms with van der Waals surface area (Å²) in [6.45, 7) is 4.08. The normalized spacial score (nSPS) is 13.3. The first-order valence-electron chi connectivity index (χ1n) is 4.30. The molecule has 74 valence electrons. The Bertz CT molecular complexity index is 294. The first-order chi connectivity index (χ1) is 6.06. The van der Waals surface area contributed by atoms with E-state index in [4.69, 9.17) is 23.2 Å². The number of aromatic nitrogens is 2. The van der Waals surface area contributed by atoms with Crippen LogP contribution in [0, 0.1) is 12.8 Å². The van der Waals surface area contributed by atoms with Crippen LogP contribution >= 0.6 is 23.2 Å². The lowest BCUT2D eigenvalue weighted by molar-refractivity contribution is 0.652. The van der Waals surface area contributed by atoms with Crippen LogP contribution < -0.4 is 0 Å². The molecule has 4 heteroatoms. The first kappa shape index (κ1) is 10.9. The predicted octanol–water partition coefficient (Wildman–Crippen LogP) is 2.80. The minimum absolute atomic E-state index is 0.446. The molecule has 0 aliphatic carbocycles. The smallest absolute Gasteiger partial charge is 0.130 e. The van der Waals surface area contributed by atoms with Gasteiger partial charge in [0.1, 0.15) is 5.15 Å². The highest BCUT2D eigenvalue weighted by Gasteiger charge is 2.13. The molecule has 0 amide bonds. The van der Waals surface area contributed by atoms with Crippen molar-refractivity contribution in [3.8, 4) is 0 Å². The molecule has 1 aromatic rings. The second-order valence-corrected chi connectivity index (χ2v) is 4.11. The van der Waals surface area contributed by atoms with Gasteiger partial charge in [0.25, 0.3) is 0 Å². The molecule has 0 N–H and O–H groups in total. The number of aryl methyl sites for hydroxylation is 2. The molecule has 0 bridgehead atoms. The van der Waals surface area contributed by atoms with Gasteiger partial charge in [-0.2, -0.15) is 5.10 Å². The molecule has 0 aliphatic heterocycles. The Labute approximate surface area is 88.8 Å². The Kier molecular flexibility index (Phi) is 3.63. The van der Waals surface area contributed by atoms with Crippen molar-refractivity contribution in [2.45, 2.75) is 20.3 Å². The molecule has 2 nitrogen and oxygen atoms in total. The molecular formula is C9H14Cl2N2. The van der Waals surface area contributed by atoms with Crippen LogP contribution in [0.5, 0.6) is 0 Å². The van der Waals surface area contributed by atoms with E-state index in [-0.39, 0.29) is 0 Å². The van der Waals surface area contributed by atoms with Gasteiger partial charge in [0.05, 0.1) is 5.69 Å². The maximum atomic E-state index is 6.07. The first-order valence-corrected chi connectivity index (χ1v) is 5.21. The van der Waals surface area contributed by atoms with E-state index in [0.717, 1.165) is 22.8 Å². The summed E-state index contributed by atoms with van der Waals surface area (Å²) in [4.78, 5) is 0. The highest BCUT2D eigenvalue weighted by atomic mass is 35.5. The maximum absolute atomic E-state index is 6.07. The third-order valence-electron chi connectivity index (χ3n) is 2.09.